The molecule has 2 aromatic heterocycles. The van der Waals surface area contributed by atoms with E-state index in [1.54, 1.807) is 17.9 Å². The smallest absolute Gasteiger partial charge is 0.272 e. The number of fused-ring (bicyclic) bond motifs is 1. The maximum atomic E-state index is 13.5. The molecule has 2 heterocycles. The number of carbonyl (C=O) groups is 2. The topological polar surface area (TPSA) is 66.7 Å². The number of aromatic nitrogens is 2. The van der Waals surface area contributed by atoms with Crippen LogP contribution in [0, 0.1) is 6.92 Å². The molecule has 0 fully saturated rings. The highest BCUT2D eigenvalue weighted by Gasteiger charge is 2.26. The Bertz CT molecular complexity index is 1130. The van der Waals surface area contributed by atoms with E-state index in [1.807, 2.05) is 67.2 Å². The molecule has 7 heteroatoms. The molecular weight excluding hydrogens is 420 g/mol. The van der Waals surface area contributed by atoms with Gasteiger partial charge in [0.15, 0.2) is 4.96 Å². The minimum atomic E-state index is -0.0952. The molecule has 0 saturated carbocycles. The van der Waals surface area contributed by atoms with E-state index in [1.165, 1.54) is 11.3 Å². The summed E-state index contributed by atoms with van der Waals surface area (Å²) in [6.45, 7) is 6.05. The summed E-state index contributed by atoms with van der Waals surface area (Å²) in [6, 6.07) is 10.0. The van der Waals surface area contributed by atoms with Crippen molar-refractivity contribution >= 4 is 28.1 Å². The van der Waals surface area contributed by atoms with Crippen molar-refractivity contribution in [2.24, 2.45) is 0 Å². The molecule has 3 aromatic rings. The van der Waals surface area contributed by atoms with Crippen LogP contribution in [0.5, 0.6) is 0 Å². The lowest BCUT2D eigenvalue weighted by molar-refractivity contribution is -0.117. The predicted molar refractivity (Wildman–Crippen MR) is 130 cm³/mol. The van der Waals surface area contributed by atoms with Crippen LogP contribution in [0.2, 0.25) is 0 Å². The third-order valence-corrected chi connectivity index (χ3v) is 6.24. The maximum absolute atomic E-state index is 13.5. The van der Waals surface area contributed by atoms with E-state index in [0.29, 0.717) is 30.7 Å². The second-order valence-corrected chi connectivity index (χ2v) is 8.65. The van der Waals surface area contributed by atoms with E-state index in [9.17, 15) is 9.59 Å². The molecule has 0 aliphatic rings. The molecule has 0 aliphatic heterocycles. The number of amides is 2. The number of aryl methyl sites for hydroxylation is 1. The molecule has 6 nitrogen and oxygen atoms in total. The first kappa shape index (κ1) is 23.5. The molecule has 0 bridgehead atoms. The Labute approximate surface area is 193 Å². The van der Waals surface area contributed by atoms with Gasteiger partial charge in [0.25, 0.3) is 5.91 Å². The van der Waals surface area contributed by atoms with Crippen molar-refractivity contribution in [3.8, 4) is 0 Å². The number of nitrogens with zero attached hydrogens (tertiary/aromatic N) is 3. The number of likely N-dealkylation sites (N-methyl/N-ethyl adjacent to an activating group) is 1. The average Bonchev–Trinajstić information content (AvgIpc) is 3.36. The van der Waals surface area contributed by atoms with Crippen molar-refractivity contribution in [1.82, 2.24) is 19.6 Å². The largest absolute Gasteiger partial charge is 0.352 e. The molecule has 0 spiro atoms. The fraction of sp³-hybridized carbons (Fsp3) is 0.320. The Balaban J connectivity index is 1.76. The van der Waals surface area contributed by atoms with Gasteiger partial charge in [-0.15, -0.1) is 11.3 Å². The molecule has 2 amide bonds. The van der Waals surface area contributed by atoms with Crippen molar-refractivity contribution < 1.29 is 9.59 Å². The minimum Gasteiger partial charge on any atom is -0.352 e. The molecule has 1 atom stereocenters. The molecule has 0 saturated heterocycles. The Kier molecular flexibility index (Phi) is 8.00. The monoisotopic (exact) mass is 450 g/mol. The summed E-state index contributed by atoms with van der Waals surface area (Å²) in [6.07, 6.45) is 8.75. The number of hydrogen-bond acceptors (Lipinski definition) is 4. The zero-order valence-electron chi connectivity index (χ0n) is 19.0. The van der Waals surface area contributed by atoms with Gasteiger partial charge in [0.2, 0.25) is 5.91 Å². The summed E-state index contributed by atoms with van der Waals surface area (Å²) in [5.41, 5.74) is 3.13. The Morgan fingerprint density at radius 1 is 1.28 bits per heavy atom. The van der Waals surface area contributed by atoms with Crippen LogP contribution in [0.15, 0.2) is 65.7 Å². The van der Waals surface area contributed by atoms with Gasteiger partial charge in [-0.3, -0.25) is 14.0 Å². The van der Waals surface area contributed by atoms with Crippen LogP contribution in [0.4, 0.5) is 0 Å². The first-order valence-electron chi connectivity index (χ1n) is 10.7. The van der Waals surface area contributed by atoms with Gasteiger partial charge < -0.3 is 10.2 Å². The van der Waals surface area contributed by atoms with Gasteiger partial charge in [0.05, 0.1) is 5.69 Å². The Morgan fingerprint density at radius 2 is 2.03 bits per heavy atom. The van der Waals surface area contributed by atoms with Crippen molar-refractivity contribution in [3.05, 3.63) is 82.7 Å². The van der Waals surface area contributed by atoms with Gasteiger partial charge >= 0.3 is 0 Å². The molecule has 32 heavy (non-hydrogen) atoms. The van der Waals surface area contributed by atoms with Crippen LogP contribution in [-0.2, 0) is 11.2 Å². The van der Waals surface area contributed by atoms with Crippen LogP contribution in [0.1, 0.15) is 42.0 Å². The minimum absolute atomic E-state index is 0.0650. The number of hydrogen-bond donors (Lipinski definition) is 1. The van der Waals surface area contributed by atoms with E-state index in [2.05, 4.69) is 22.4 Å². The molecule has 3 rings (SSSR count). The van der Waals surface area contributed by atoms with Crippen LogP contribution in [-0.4, -0.2) is 45.7 Å². The highest BCUT2D eigenvalue weighted by Crippen LogP contribution is 2.20. The molecule has 0 radical (unpaired) electrons. The van der Waals surface area contributed by atoms with Crippen molar-refractivity contribution in [2.75, 3.05) is 13.6 Å². The third-order valence-electron chi connectivity index (χ3n) is 5.48. The number of thiazole rings is 1. The number of nitrogens with one attached hydrogen (secondary N) is 1. The zero-order chi connectivity index (χ0) is 23.1. The number of carbonyl (C=O) groups excluding carboxylic acids is 2. The fourth-order valence-electron chi connectivity index (χ4n) is 3.61. The highest BCUT2D eigenvalue weighted by molar-refractivity contribution is 7.15. The Morgan fingerprint density at radius 3 is 2.75 bits per heavy atom. The van der Waals surface area contributed by atoms with Crippen LogP contribution in [0.25, 0.3) is 4.96 Å². The average molecular weight is 451 g/mol. The number of imidazole rings is 1. The number of benzene rings is 1. The second-order valence-electron chi connectivity index (χ2n) is 7.78. The summed E-state index contributed by atoms with van der Waals surface area (Å²) < 4.78 is 1.86. The van der Waals surface area contributed by atoms with Gasteiger partial charge in [-0.25, -0.2) is 4.98 Å². The summed E-state index contributed by atoms with van der Waals surface area (Å²) >= 11 is 1.51. The van der Waals surface area contributed by atoms with Gasteiger partial charge in [0, 0.05) is 36.8 Å². The lowest BCUT2D eigenvalue weighted by atomic mass is 10.0. The molecule has 1 N–H and O–H groups in total. The first-order valence-corrected chi connectivity index (χ1v) is 11.6. The van der Waals surface area contributed by atoms with Crippen LogP contribution < -0.4 is 5.32 Å². The van der Waals surface area contributed by atoms with Gasteiger partial charge in [-0.05, 0) is 39.2 Å². The molecule has 0 aliphatic carbocycles. The van der Waals surface area contributed by atoms with Gasteiger partial charge in [-0.1, -0.05) is 48.6 Å². The van der Waals surface area contributed by atoms with E-state index in [0.717, 1.165) is 16.2 Å². The first-order chi connectivity index (χ1) is 15.4. The van der Waals surface area contributed by atoms with E-state index < -0.39 is 0 Å². The Hall–Kier alpha value is -3.19. The molecule has 0 unspecified atom stereocenters. The van der Waals surface area contributed by atoms with Crippen molar-refractivity contribution in [3.63, 3.8) is 0 Å². The molecular formula is C25H30N4O2S. The lowest BCUT2D eigenvalue weighted by Crippen LogP contribution is -2.41. The van der Waals surface area contributed by atoms with Crippen LogP contribution >= 0.6 is 11.3 Å². The molecule has 168 valence electrons. The normalized spacial score (nSPS) is 12.9. The number of rotatable bonds is 9. The van der Waals surface area contributed by atoms with Gasteiger partial charge in [0.1, 0.15) is 5.69 Å². The summed E-state index contributed by atoms with van der Waals surface area (Å²) in [5.74, 6) is -0.160. The highest BCUT2D eigenvalue weighted by atomic mass is 32.1. The standard InChI is InChI=1S/C25H30N4O2S/c1-5-6-10-18(2)23(30)26-14-13-21(17-20-11-8-7-9-12-20)28(4)24(31)22-19(3)27-25-29(22)15-16-32-25/h5-12,15-16,21H,13-14,17H2,1-4H3,(H,26,30)/b6-5-,18-10+/t21-/m1/s1. The SMILES string of the molecule is C/C=C\C=C(/C)C(=O)NCC[C@H](Cc1ccccc1)N(C)C(=O)c1c(C)nc2sccn12. The van der Waals surface area contributed by atoms with Gasteiger partial charge in [-0.2, -0.15) is 0 Å². The van der Waals surface area contributed by atoms with E-state index >= 15 is 0 Å². The maximum Gasteiger partial charge on any atom is 0.272 e. The zero-order valence-corrected chi connectivity index (χ0v) is 19.9. The second kappa shape index (κ2) is 10.9. The van der Waals surface area contributed by atoms with Crippen LogP contribution in [0.3, 0.4) is 0 Å². The summed E-state index contributed by atoms with van der Waals surface area (Å²) in [7, 11) is 1.83. The predicted octanol–water partition coefficient (Wildman–Crippen LogP) is 4.42. The van der Waals surface area contributed by atoms with E-state index in [-0.39, 0.29) is 17.9 Å². The third kappa shape index (κ3) is 5.53. The van der Waals surface area contributed by atoms with Crippen molar-refractivity contribution in [2.45, 2.75) is 39.7 Å². The molecule has 1 aromatic carbocycles. The lowest BCUT2D eigenvalue weighted by Gasteiger charge is -2.29. The van der Waals surface area contributed by atoms with E-state index in [4.69, 9.17) is 0 Å². The quantitative estimate of drug-likeness (QED) is 0.388. The van der Waals surface area contributed by atoms with Crippen molar-refractivity contribution in [1.29, 1.82) is 0 Å². The summed E-state index contributed by atoms with van der Waals surface area (Å²) in [4.78, 5) is 32.9. The number of allylic oxidation sites excluding steroid dienone is 3. The fourth-order valence-corrected chi connectivity index (χ4v) is 4.37. The summed E-state index contributed by atoms with van der Waals surface area (Å²) in [5, 5.41) is 4.91.